The predicted octanol–water partition coefficient (Wildman–Crippen LogP) is 1.43. The molecule has 15 heavy (non-hydrogen) atoms. The van der Waals surface area contributed by atoms with Gasteiger partial charge in [-0.15, -0.1) is 10.2 Å². The van der Waals surface area contributed by atoms with E-state index in [9.17, 15) is 0 Å². The second-order valence-corrected chi connectivity index (χ2v) is 6.28. The molecule has 84 valence electrons. The van der Waals surface area contributed by atoms with E-state index in [1.54, 1.807) is 23.1 Å². The molecule has 0 spiro atoms. The number of nitrogens with zero attached hydrogens (tertiary/aromatic N) is 3. The monoisotopic (exact) mass is 244 g/mol. The fourth-order valence-electron chi connectivity index (χ4n) is 1.27. The Morgan fingerprint density at radius 3 is 2.80 bits per heavy atom. The molecule has 1 unspecified atom stereocenters. The lowest BCUT2D eigenvalue weighted by molar-refractivity contribution is 0.659. The number of anilines is 1. The van der Waals surface area contributed by atoms with Gasteiger partial charge in [-0.1, -0.05) is 23.1 Å². The Labute approximate surface area is 98.3 Å². The highest BCUT2D eigenvalue weighted by molar-refractivity contribution is 8.01. The molecule has 4 nitrogen and oxygen atoms in total. The molecule has 1 aromatic rings. The Hall–Kier alpha value is -0.330. The Kier molecular flexibility index (Phi) is 3.48. The summed E-state index contributed by atoms with van der Waals surface area (Å²) in [6.07, 6.45) is 2.61. The first-order chi connectivity index (χ1) is 7.16. The van der Waals surface area contributed by atoms with Gasteiger partial charge in [-0.25, -0.2) is 0 Å². The zero-order valence-electron chi connectivity index (χ0n) is 9.01. The van der Waals surface area contributed by atoms with Crippen LogP contribution in [0.3, 0.4) is 0 Å². The van der Waals surface area contributed by atoms with E-state index in [0.717, 1.165) is 21.1 Å². The Balaban J connectivity index is 1.82. The molecule has 0 bridgehead atoms. The number of rotatable bonds is 5. The molecule has 2 rings (SSSR count). The molecule has 0 aromatic carbocycles. The number of hydrogen-bond donors (Lipinski definition) is 1. The van der Waals surface area contributed by atoms with Gasteiger partial charge in [0.1, 0.15) is 0 Å². The Morgan fingerprint density at radius 2 is 2.27 bits per heavy atom. The highest BCUT2D eigenvalue weighted by Gasteiger charge is 2.28. The second kappa shape index (κ2) is 4.67. The maximum absolute atomic E-state index is 6.02. The SMILES string of the molecule is CN(C)c1nnc(SCC(N)C2CC2)s1. The van der Waals surface area contributed by atoms with Crippen molar-refractivity contribution in [1.29, 1.82) is 0 Å². The number of hydrogen-bond acceptors (Lipinski definition) is 6. The van der Waals surface area contributed by atoms with E-state index < -0.39 is 0 Å². The molecule has 2 N–H and O–H groups in total. The summed E-state index contributed by atoms with van der Waals surface area (Å²) in [6, 6.07) is 0.335. The average Bonchev–Trinajstić information content (AvgIpc) is 2.93. The van der Waals surface area contributed by atoms with Gasteiger partial charge in [0, 0.05) is 25.9 Å². The fraction of sp³-hybridized carbons (Fsp3) is 0.778. The normalized spacial score (nSPS) is 17.8. The minimum Gasteiger partial charge on any atom is -0.353 e. The summed E-state index contributed by atoms with van der Waals surface area (Å²) in [5.74, 6) is 1.73. The van der Waals surface area contributed by atoms with Crippen LogP contribution >= 0.6 is 23.1 Å². The summed E-state index contributed by atoms with van der Waals surface area (Å²) in [6.45, 7) is 0. The highest BCUT2D eigenvalue weighted by Crippen LogP contribution is 2.35. The molecule has 1 saturated carbocycles. The van der Waals surface area contributed by atoms with Crippen LogP contribution in [0.15, 0.2) is 4.34 Å². The van der Waals surface area contributed by atoms with Gasteiger partial charge in [0.15, 0.2) is 4.34 Å². The van der Waals surface area contributed by atoms with Crippen LogP contribution in [0.2, 0.25) is 0 Å². The van der Waals surface area contributed by atoms with Crippen molar-refractivity contribution in [3.8, 4) is 0 Å². The maximum atomic E-state index is 6.02. The largest absolute Gasteiger partial charge is 0.353 e. The molecule has 1 aliphatic carbocycles. The molecule has 0 radical (unpaired) electrons. The standard InChI is InChI=1S/C9H16N4S2/c1-13(2)8-11-12-9(15-8)14-5-7(10)6-3-4-6/h6-7H,3-5,10H2,1-2H3. The molecule has 6 heteroatoms. The Bertz CT molecular complexity index is 322. The first kappa shape index (κ1) is 11.2. The summed E-state index contributed by atoms with van der Waals surface area (Å²) in [4.78, 5) is 1.97. The zero-order chi connectivity index (χ0) is 10.8. The third-order valence-electron chi connectivity index (χ3n) is 2.41. The molecule has 1 aliphatic rings. The van der Waals surface area contributed by atoms with Gasteiger partial charge in [0.25, 0.3) is 0 Å². The van der Waals surface area contributed by atoms with Crippen molar-refractivity contribution in [1.82, 2.24) is 10.2 Å². The summed E-state index contributed by atoms with van der Waals surface area (Å²) >= 11 is 3.35. The molecule has 0 amide bonds. The lowest BCUT2D eigenvalue weighted by Gasteiger charge is -2.07. The van der Waals surface area contributed by atoms with E-state index in [1.165, 1.54) is 12.8 Å². The van der Waals surface area contributed by atoms with Crippen LogP contribution in [0.4, 0.5) is 5.13 Å². The van der Waals surface area contributed by atoms with Gasteiger partial charge in [-0.3, -0.25) is 0 Å². The molecular formula is C9H16N4S2. The van der Waals surface area contributed by atoms with Gasteiger partial charge in [0.2, 0.25) is 5.13 Å². The predicted molar refractivity (Wildman–Crippen MR) is 65.7 cm³/mol. The van der Waals surface area contributed by atoms with Crippen molar-refractivity contribution < 1.29 is 0 Å². The van der Waals surface area contributed by atoms with Crippen molar-refractivity contribution >= 4 is 28.2 Å². The summed E-state index contributed by atoms with van der Waals surface area (Å²) in [5.41, 5.74) is 6.02. The van der Waals surface area contributed by atoms with E-state index in [-0.39, 0.29) is 0 Å². The van der Waals surface area contributed by atoms with Gasteiger partial charge >= 0.3 is 0 Å². The van der Waals surface area contributed by atoms with Crippen molar-refractivity contribution in [3.63, 3.8) is 0 Å². The number of nitrogens with two attached hydrogens (primary N) is 1. The van der Waals surface area contributed by atoms with Crippen molar-refractivity contribution in [3.05, 3.63) is 0 Å². The lowest BCUT2D eigenvalue weighted by atomic mass is 10.2. The topological polar surface area (TPSA) is 55.0 Å². The minimum absolute atomic E-state index is 0.335. The first-order valence-corrected chi connectivity index (χ1v) is 6.86. The highest BCUT2D eigenvalue weighted by atomic mass is 32.2. The van der Waals surface area contributed by atoms with E-state index >= 15 is 0 Å². The Morgan fingerprint density at radius 1 is 1.53 bits per heavy atom. The maximum Gasteiger partial charge on any atom is 0.208 e. The van der Waals surface area contributed by atoms with E-state index in [0.29, 0.717) is 6.04 Å². The van der Waals surface area contributed by atoms with Crippen LogP contribution in [0.5, 0.6) is 0 Å². The fourth-order valence-corrected chi connectivity index (χ4v) is 3.14. The van der Waals surface area contributed by atoms with Crippen LogP contribution in [-0.2, 0) is 0 Å². The third kappa shape index (κ3) is 3.06. The second-order valence-electron chi connectivity index (χ2n) is 4.06. The third-order valence-corrected chi connectivity index (χ3v) is 4.77. The van der Waals surface area contributed by atoms with Crippen molar-refractivity contribution in [2.45, 2.75) is 23.2 Å². The van der Waals surface area contributed by atoms with E-state index in [2.05, 4.69) is 10.2 Å². The summed E-state index contributed by atoms with van der Waals surface area (Å²) in [5, 5.41) is 9.17. The van der Waals surface area contributed by atoms with Gasteiger partial charge in [0.05, 0.1) is 0 Å². The van der Waals surface area contributed by atoms with Crippen LogP contribution in [0, 0.1) is 5.92 Å². The summed E-state index contributed by atoms with van der Waals surface area (Å²) < 4.78 is 1.02. The van der Waals surface area contributed by atoms with Gasteiger partial charge < -0.3 is 10.6 Å². The van der Waals surface area contributed by atoms with Crippen LogP contribution in [0.25, 0.3) is 0 Å². The molecule has 1 atom stereocenters. The van der Waals surface area contributed by atoms with Crippen LogP contribution in [0.1, 0.15) is 12.8 Å². The molecule has 0 saturated heterocycles. The molecule has 0 aliphatic heterocycles. The van der Waals surface area contributed by atoms with E-state index in [4.69, 9.17) is 5.73 Å². The van der Waals surface area contributed by atoms with Gasteiger partial charge in [-0.05, 0) is 18.8 Å². The molecule has 1 aromatic heterocycles. The smallest absolute Gasteiger partial charge is 0.208 e. The van der Waals surface area contributed by atoms with Gasteiger partial charge in [-0.2, -0.15) is 0 Å². The molecule has 1 heterocycles. The number of thioether (sulfide) groups is 1. The van der Waals surface area contributed by atoms with E-state index in [1.807, 2.05) is 19.0 Å². The van der Waals surface area contributed by atoms with Crippen LogP contribution < -0.4 is 10.6 Å². The quantitative estimate of drug-likeness (QED) is 0.794. The molecule has 1 fully saturated rings. The summed E-state index contributed by atoms with van der Waals surface area (Å²) in [7, 11) is 3.95. The first-order valence-electron chi connectivity index (χ1n) is 5.06. The number of aromatic nitrogens is 2. The zero-order valence-corrected chi connectivity index (χ0v) is 10.6. The molecular weight excluding hydrogens is 228 g/mol. The average molecular weight is 244 g/mol. The lowest BCUT2D eigenvalue weighted by Crippen LogP contribution is -2.24. The van der Waals surface area contributed by atoms with Crippen molar-refractivity contribution in [2.24, 2.45) is 11.7 Å². The minimum atomic E-state index is 0.335. The van der Waals surface area contributed by atoms with Crippen LogP contribution in [-0.4, -0.2) is 36.1 Å². The van der Waals surface area contributed by atoms with Crippen molar-refractivity contribution in [2.75, 3.05) is 24.7 Å².